The van der Waals surface area contributed by atoms with Gasteiger partial charge in [-0.1, -0.05) is 74.5 Å². The van der Waals surface area contributed by atoms with E-state index >= 15 is 0 Å². The van der Waals surface area contributed by atoms with Crippen LogP contribution in [0, 0.1) is 33.6 Å². The highest BCUT2D eigenvalue weighted by Gasteiger charge is 2.32. The number of rotatable bonds is 19. The molecule has 6 aromatic rings. The smallest absolute Gasteiger partial charge is 0.185 e. The summed E-state index contributed by atoms with van der Waals surface area (Å²) in [7, 11) is 0. The number of aromatic nitrogens is 4. The molecule has 0 amide bonds. The molecule has 8 nitrogen and oxygen atoms in total. The van der Waals surface area contributed by atoms with E-state index in [1.54, 1.807) is 45.3 Å². The molecule has 0 unspecified atom stereocenters. The molecular formula is C40H50N8S4. The first kappa shape index (κ1) is 37.9. The van der Waals surface area contributed by atoms with E-state index in [0.717, 1.165) is 82.2 Å². The second kappa shape index (κ2) is 18.3. The fourth-order valence-corrected chi connectivity index (χ4v) is 9.73. The summed E-state index contributed by atoms with van der Waals surface area (Å²) < 4.78 is 0. The molecule has 2 aromatic carbocycles. The van der Waals surface area contributed by atoms with Gasteiger partial charge < -0.3 is 20.4 Å². The first-order chi connectivity index (χ1) is 25.2. The van der Waals surface area contributed by atoms with E-state index in [1.807, 2.05) is 6.92 Å². The summed E-state index contributed by atoms with van der Waals surface area (Å²) in [4.78, 5) is 25.0. The van der Waals surface area contributed by atoms with E-state index in [9.17, 15) is 0 Å². The highest BCUT2D eigenvalue weighted by Crippen LogP contribution is 2.31. The Labute approximate surface area is 325 Å². The maximum Gasteiger partial charge on any atom is 0.185 e. The van der Waals surface area contributed by atoms with E-state index in [0.29, 0.717) is 5.92 Å². The van der Waals surface area contributed by atoms with Gasteiger partial charge in [0, 0.05) is 47.2 Å². The van der Waals surface area contributed by atoms with E-state index < -0.39 is 0 Å². The average Bonchev–Trinajstić information content (AvgIpc) is 3.94. The molecule has 0 radical (unpaired) electrons. The SMILES string of the molecule is Cc1csc(NC[C@H](Cc2ccccc2)N(C[C@H](Cc2ccccc2)N(C[C@H](CC(C)C)Nc2nc(C)cs2)c2nc(C)cs2)c2nc(C)cs2)n1. The molecule has 0 saturated heterocycles. The van der Waals surface area contributed by atoms with Crippen LogP contribution in [0.25, 0.3) is 0 Å². The van der Waals surface area contributed by atoms with Crippen LogP contribution in [0.3, 0.4) is 0 Å². The topological polar surface area (TPSA) is 82.1 Å². The molecule has 0 saturated carbocycles. The predicted molar refractivity (Wildman–Crippen MR) is 225 cm³/mol. The minimum atomic E-state index is 0.0898. The minimum Gasteiger partial charge on any atom is -0.359 e. The zero-order valence-corrected chi connectivity index (χ0v) is 34.2. The van der Waals surface area contributed by atoms with Gasteiger partial charge in [0.05, 0.1) is 34.9 Å². The lowest BCUT2D eigenvalue weighted by Gasteiger charge is -2.40. The van der Waals surface area contributed by atoms with E-state index in [1.165, 1.54) is 11.1 Å². The fourth-order valence-electron chi connectivity index (χ4n) is 6.50. The first-order valence-corrected chi connectivity index (χ1v) is 21.5. The highest BCUT2D eigenvalue weighted by atomic mass is 32.1. The van der Waals surface area contributed by atoms with Gasteiger partial charge in [0.1, 0.15) is 0 Å². The Morgan fingerprint density at radius 3 is 1.54 bits per heavy atom. The number of nitrogens with one attached hydrogen (secondary N) is 2. The van der Waals surface area contributed by atoms with Crippen molar-refractivity contribution in [1.29, 1.82) is 0 Å². The molecule has 274 valence electrons. The quantitative estimate of drug-likeness (QED) is 0.0843. The Bertz CT molecular complexity index is 1930. The van der Waals surface area contributed by atoms with Crippen LogP contribution in [0.15, 0.2) is 82.2 Å². The molecule has 2 N–H and O–H groups in total. The second-order valence-electron chi connectivity index (χ2n) is 14.0. The highest BCUT2D eigenvalue weighted by molar-refractivity contribution is 7.14. The number of hydrogen-bond acceptors (Lipinski definition) is 12. The van der Waals surface area contributed by atoms with Gasteiger partial charge in [0.2, 0.25) is 0 Å². The lowest BCUT2D eigenvalue weighted by Crippen LogP contribution is -2.53. The average molecular weight is 771 g/mol. The minimum absolute atomic E-state index is 0.0898. The molecule has 6 rings (SSSR count). The number of nitrogens with zero attached hydrogens (tertiary/aromatic N) is 6. The number of benzene rings is 2. The Kier molecular flexibility index (Phi) is 13.3. The summed E-state index contributed by atoms with van der Waals surface area (Å²) in [6.07, 6.45) is 2.75. The number of hydrogen-bond donors (Lipinski definition) is 2. The Hall–Kier alpha value is -3.84. The van der Waals surface area contributed by atoms with Crippen LogP contribution in [0.2, 0.25) is 0 Å². The van der Waals surface area contributed by atoms with Crippen molar-refractivity contribution >= 4 is 65.9 Å². The van der Waals surface area contributed by atoms with E-state index in [-0.39, 0.29) is 18.1 Å². The first-order valence-electron chi connectivity index (χ1n) is 18.0. The monoisotopic (exact) mass is 770 g/mol. The summed E-state index contributed by atoms with van der Waals surface area (Å²) in [5.41, 5.74) is 6.78. The summed E-state index contributed by atoms with van der Waals surface area (Å²) in [5.74, 6) is 0.511. The van der Waals surface area contributed by atoms with Crippen molar-refractivity contribution in [1.82, 2.24) is 19.9 Å². The maximum absolute atomic E-state index is 5.14. The lowest BCUT2D eigenvalue weighted by atomic mass is 9.99. The van der Waals surface area contributed by atoms with Gasteiger partial charge in [-0.05, 0) is 64.0 Å². The Balaban J connectivity index is 1.41. The van der Waals surface area contributed by atoms with Crippen LogP contribution < -0.4 is 20.4 Å². The van der Waals surface area contributed by atoms with Gasteiger partial charge in [-0.2, -0.15) is 0 Å². The summed E-state index contributed by atoms with van der Waals surface area (Å²) in [6.45, 7) is 15.2. The molecule has 4 heterocycles. The van der Waals surface area contributed by atoms with Crippen LogP contribution >= 0.6 is 45.3 Å². The van der Waals surface area contributed by atoms with Crippen LogP contribution in [-0.4, -0.2) is 57.7 Å². The summed E-state index contributed by atoms with van der Waals surface area (Å²) >= 11 is 6.82. The van der Waals surface area contributed by atoms with Crippen LogP contribution in [0.4, 0.5) is 20.5 Å². The molecule has 0 aliphatic heterocycles. The summed E-state index contributed by atoms with van der Waals surface area (Å²) in [6, 6.07) is 22.1. The Morgan fingerprint density at radius 2 is 1.06 bits per heavy atom. The number of thiazole rings is 4. The van der Waals surface area contributed by atoms with Crippen molar-refractivity contribution in [2.24, 2.45) is 5.92 Å². The van der Waals surface area contributed by atoms with Crippen LogP contribution in [0.5, 0.6) is 0 Å². The number of aryl methyl sites for hydroxylation is 4. The normalized spacial score (nSPS) is 13.2. The van der Waals surface area contributed by atoms with Crippen LogP contribution in [0.1, 0.15) is 54.2 Å². The van der Waals surface area contributed by atoms with Gasteiger partial charge in [0.15, 0.2) is 20.5 Å². The van der Waals surface area contributed by atoms with Gasteiger partial charge in [0.25, 0.3) is 0 Å². The Morgan fingerprint density at radius 1 is 0.577 bits per heavy atom. The molecule has 0 bridgehead atoms. The van der Waals surface area contributed by atoms with Crippen molar-refractivity contribution in [3.63, 3.8) is 0 Å². The fraction of sp³-hybridized carbons (Fsp3) is 0.400. The molecule has 12 heteroatoms. The number of anilines is 4. The lowest BCUT2D eigenvalue weighted by molar-refractivity contribution is 0.470. The van der Waals surface area contributed by atoms with Gasteiger partial charge >= 0.3 is 0 Å². The van der Waals surface area contributed by atoms with E-state index in [2.05, 4.69) is 137 Å². The molecule has 0 spiro atoms. The molecule has 0 aliphatic rings. The van der Waals surface area contributed by atoms with Crippen molar-refractivity contribution in [2.45, 2.75) is 78.9 Å². The molecule has 4 aromatic heterocycles. The predicted octanol–water partition coefficient (Wildman–Crippen LogP) is 9.92. The molecular weight excluding hydrogens is 721 g/mol. The molecule has 0 fully saturated rings. The largest absolute Gasteiger partial charge is 0.359 e. The third-order valence-corrected chi connectivity index (χ3v) is 12.7. The third kappa shape index (κ3) is 10.8. The molecule has 3 atom stereocenters. The molecule has 52 heavy (non-hydrogen) atoms. The standard InChI is InChI=1S/C40H50N8S4/c1-27(2)17-34(46-38-43-29(4)24-50-38)21-47(39-44-30(5)25-51-39)36(19-33-15-11-8-12-16-33)22-48(40-45-31(6)26-52-40)35(18-32-13-9-7-10-14-32)20-41-37-42-28(3)23-49-37/h7-16,23-27,34-36H,17-22H2,1-6H3,(H,41,42)(H,43,46)/t34-,35-,36-/m0/s1. The van der Waals surface area contributed by atoms with Crippen molar-refractivity contribution in [3.05, 3.63) is 116 Å². The third-order valence-electron chi connectivity index (χ3n) is 8.85. The zero-order valence-electron chi connectivity index (χ0n) is 31.0. The maximum atomic E-state index is 5.14. The zero-order chi connectivity index (χ0) is 36.5. The van der Waals surface area contributed by atoms with Crippen molar-refractivity contribution < 1.29 is 0 Å². The van der Waals surface area contributed by atoms with Gasteiger partial charge in [-0.25, -0.2) is 19.9 Å². The van der Waals surface area contributed by atoms with Crippen molar-refractivity contribution in [3.8, 4) is 0 Å². The van der Waals surface area contributed by atoms with Gasteiger partial charge in [-0.15, -0.1) is 45.3 Å². The van der Waals surface area contributed by atoms with E-state index in [4.69, 9.17) is 19.9 Å². The summed E-state index contributed by atoms with van der Waals surface area (Å²) in [5, 5.41) is 20.2. The second-order valence-corrected chi connectivity index (χ2v) is 17.4. The van der Waals surface area contributed by atoms with Gasteiger partial charge in [-0.3, -0.25) is 0 Å². The molecule has 0 aliphatic carbocycles. The van der Waals surface area contributed by atoms with Crippen molar-refractivity contribution in [2.75, 3.05) is 40.1 Å². The van der Waals surface area contributed by atoms with Crippen LogP contribution in [-0.2, 0) is 12.8 Å².